The standard InChI is InChI=1S/C13H16ClN3OS2/c1-2-7-15-12-16-17-13(20-12)19-8-11(18)9-3-5-10(14)6-4-9/h3-6,11,18H,2,7-8H2,1H3,(H,15,16). The first-order valence-electron chi connectivity index (χ1n) is 6.32. The summed E-state index contributed by atoms with van der Waals surface area (Å²) < 4.78 is 0.858. The maximum atomic E-state index is 10.1. The number of aromatic nitrogens is 2. The van der Waals surface area contributed by atoms with Crippen LogP contribution in [0, 0.1) is 0 Å². The maximum Gasteiger partial charge on any atom is 0.206 e. The Morgan fingerprint density at radius 3 is 2.80 bits per heavy atom. The van der Waals surface area contributed by atoms with Gasteiger partial charge in [0.25, 0.3) is 0 Å². The molecule has 1 aromatic carbocycles. The third kappa shape index (κ3) is 4.63. The first kappa shape index (κ1) is 15.6. The van der Waals surface area contributed by atoms with Gasteiger partial charge in [-0.05, 0) is 24.1 Å². The minimum Gasteiger partial charge on any atom is -0.388 e. The van der Waals surface area contributed by atoms with Gasteiger partial charge in [0, 0.05) is 17.3 Å². The van der Waals surface area contributed by atoms with Crippen molar-refractivity contribution in [3.8, 4) is 0 Å². The lowest BCUT2D eigenvalue weighted by molar-refractivity contribution is 0.204. The van der Waals surface area contributed by atoms with Gasteiger partial charge in [0.15, 0.2) is 4.34 Å². The second kappa shape index (κ2) is 7.83. The first-order valence-corrected chi connectivity index (χ1v) is 8.50. The topological polar surface area (TPSA) is 58.0 Å². The minimum atomic E-state index is -0.534. The molecule has 0 saturated carbocycles. The summed E-state index contributed by atoms with van der Waals surface area (Å²) in [5, 5.41) is 22.9. The summed E-state index contributed by atoms with van der Waals surface area (Å²) >= 11 is 8.84. The summed E-state index contributed by atoms with van der Waals surface area (Å²) in [5.41, 5.74) is 0.857. The third-order valence-electron chi connectivity index (χ3n) is 2.55. The molecule has 7 heteroatoms. The van der Waals surface area contributed by atoms with Crippen LogP contribution in [0.3, 0.4) is 0 Å². The summed E-state index contributed by atoms with van der Waals surface area (Å²) in [7, 11) is 0. The number of rotatable bonds is 7. The predicted molar refractivity (Wildman–Crippen MR) is 85.8 cm³/mol. The zero-order valence-electron chi connectivity index (χ0n) is 11.0. The molecule has 0 aliphatic heterocycles. The zero-order valence-corrected chi connectivity index (χ0v) is 13.4. The molecule has 0 bridgehead atoms. The molecule has 4 nitrogen and oxygen atoms in total. The largest absolute Gasteiger partial charge is 0.388 e. The summed E-state index contributed by atoms with van der Waals surface area (Å²) in [6, 6.07) is 7.23. The molecule has 0 spiro atoms. The fraction of sp³-hybridized carbons (Fsp3) is 0.385. The van der Waals surface area contributed by atoms with Crippen LogP contribution in [0.15, 0.2) is 28.6 Å². The van der Waals surface area contributed by atoms with E-state index in [0.717, 1.165) is 28.0 Å². The number of hydrogen-bond acceptors (Lipinski definition) is 6. The number of benzene rings is 1. The highest BCUT2D eigenvalue weighted by Crippen LogP contribution is 2.29. The molecule has 1 heterocycles. The molecule has 1 unspecified atom stereocenters. The molecule has 2 N–H and O–H groups in total. The summed E-state index contributed by atoms with van der Waals surface area (Å²) in [6.07, 6.45) is 0.519. The quantitative estimate of drug-likeness (QED) is 0.756. The maximum absolute atomic E-state index is 10.1. The Morgan fingerprint density at radius 2 is 2.10 bits per heavy atom. The monoisotopic (exact) mass is 329 g/mol. The van der Waals surface area contributed by atoms with E-state index in [1.807, 2.05) is 12.1 Å². The molecule has 2 rings (SSSR count). The fourth-order valence-electron chi connectivity index (χ4n) is 1.50. The van der Waals surface area contributed by atoms with Gasteiger partial charge in [0.05, 0.1) is 6.10 Å². The molecule has 0 radical (unpaired) electrons. The molecule has 1 atom stereocenters. The van der Waals surface area contributed by atoms with Crippen molar-refractivity contribution in [2.24, 2.45) is 0 Å². The fourth-order valence-corrected chi connectivity index (χ4v) is 3.40. The van der Waals surface area contributed by atoms with E-state index in [1.165, 1.54) is 23.1 Å². The Bertz CT molecular complexity index is 533. The summed E-state index contributed by atoms with van der Waals surface area (Å²) in [6.45, 7) is 3.00. The van der Waals surface area contributed by atoms with Gasteiger partial charge in [-0.15, -0.1) is 10.2 Å². The van der Waals surface area contributed by atoms with Gasteiger partial charge >= 0.3 is 0 Å². The van der Waals surface area contributed by atoms with E-state index in [2.05, 4.69) is 22.4 Å². The second-order valence-corrected chi connectivity index (χ2v) is 6.86. The van der Waals surface area contributed by atoms with E-state index in [0.29, 0.717) is 10.8 Å². The number of nitrogens with zero attached hydrogens (tertiary/aromatic N) is 2. The van der Waals surface area contributed by atoms with E-state index in [-0.39, 0.29) is 0 Å². The third-order valence-corrected chi connectivity index (χ3v) is 4.89. The van der Waals surface area contributed by atoms with Gasteiger partial charge in [-0.3, -0.25) is 0 Å². The van der Waals surface area contributed by atoms with Crippen LogP contribution in [0.4, 0.5) is 5.13 Å². The van der Waals surface area contributed by atoms with Crippen molar-refractivity contribution < 1.29 is 5.11 Å². The van der Waals surface area contributed by atoms with Gasteiger partial charge in [-0.1, -0.05) is 53.8 Å². The first-order chi connectivity index (χ1) is 9.69. The Hall–Kier alpha value is -0.820. The van der Waals surface area contributed by atoms with Gasteiger partial charge in [0.1, 0.15) is 0 Å². The molecule has 20 heavy (non-hydrogen) atoms. The number of nitrogens with one attached hydrogen (secondary N) is 1. The molecule has 108 valence electrons. The average Bonchev–Trinajstić information content (AvgIpc) is 2.91. The van der Waals surface area contributed by atoms with Crippen molar-refractivity contribution in [3.05, 3.63) is 34.9 Å². The van der Waals surface area contributed by atoms with Crippen molar-refractivity contribution in [1.29, 1.82) is 0 Å². The molecule has 0 aliphatic carbocycles. The van der Waals surface area contributed by atoms with Gasteiger partial charge < -0.3 is 10.4 Å². The summed E-state index contributed by atoms with van der Waals surface area (Å²) in [4.78, 5) is 0. The average molecular weight is 330 g/mol. The van der Waals surface area contributed by atoms with E-state index < -0.39 is 6.10 Å². The molecular formula is C13H16ClN3OS2. The molecule has 0 fully saturated rings. The molecular weight excluding hydrogens is 314 g/mol. The minimum absolute atomic E-state index is 0.534. The molecule has 2 aromatic rings. The van der Waals surface area contributed by atoms with Crippen molar-refractivity contribution in [1.82, 2.24) is 10.2 Å². The lowest BCUT2D eigenvalue weighted by Crippen LogP contribution is -1.99. The van der Waals surface area contributed by atoms with Crippen LogP contribution in [-0.4, -0.2) is 27.6 Å². The van der Waals surface area contributed by atoms with Crippen LogP contribution in [0.2, 0.25) is 5.02 Å². The molecule has 0 saturated heterocycles. The van der Waals surface area contributed by atoms with Crippen molar-refractivity contribution in [2.75, 3.05) is 17.6 Å². The Labute approximate surface area is 131 Å². The van der Waals surface area contributed by atoms with E-state index in [1.54, 1.807) is 12.1 Å². The zero-order chi connectivity index (χ0) is 14.4. The molecule has 0 amide bonds. The predicted octanol–water partition coefficient (Wildman–Crippen LogP) is 3.84. The van der Waals surface area contributed by atoms with Crippen LogP contribution in [-0.2, 0) is 0 Å². The van der Waals surface area contributed by atoms with Gasteiger partial charge in [-0.25, -0.2) is 0 Å². The number of thioether (sulfide) groups is 1. The van der Waals surface area contributed by atoms with Crippen LogP contribution in [0.25, 0.3) is 0 Å². The highest BCUT2D eigenvalue weighted by Gasteiger charge is 2.11. The second-order valence-electron chi connectivity index (χ2n) is 4.18. The van der Waals surface area contributed by atoms with Crippen LogP contribution >= 0.6 is 34.7 Å². The number of halogens is 1. The lowest BCUT2D eigenvalue weighted by atomic mass is 10.1. The van der Waals surface area contributed by atoms with Crippen LogP contribution in [0.1, 0.15) is 25.0 Å². The Kier molecular flexibility index (Phi) is 6.09. The van der Waals surface area contributed by atoms with E-state index in [9.17, 15) is 5.11 Å². The molecule has 0 aliphatic rings. The number of hydrogen-bond donors (Lipinski definition) is 2. The highest BCUT2D eigenvalue weighted by atomic mass is 35.5. The number of aliphatic hydroxyl groups is 1. The van der Waals surface area contributed by atoms with Crippen molar-refractivity contribution >= 4 is 39.8 Å². The van der Waals surface area contributed by atoms with E-state index in [4.69, 9.17) is 11.6 Å². The summed E-state index contributed by atoms with van der Waals surface area (Å²) in [5.74, 6) is 0.546. The Morgan fingerprint density at radius 1 is 1.35 bits per heavy atom. The van der Waals surface area contributed by atoms with Crippen molar-refractivity contribution in [3.63, 3.8) is 0 Å². The number of anilines is 1. The van der Waals surface area contributed by atoms with Crippen molar-refractivity contribution in [2.45, 2.75) is 23.8 Å². The van der Waals surface area contributed by atoms with Gasteiger partial charge in [-0.2, -0.15) is 0 Å². The highest BCUT2D eigenvalue weighted by molar-refractivity contribution is 8.01. The lowest BCUT2D eigenvalue weighted by Gasteiger charge is -2.09. The van der Waals surface area contributed by atoms with Crippen LogP contribution < -0.4 is 5.32 Å². The molecule has 1 aromatic heterocycles. The van der Waals surface area contributed by atoms with Crippen LogP contribution in [0.5, 0.6) is 0 Å². The smallest absolute Gasteiger partial charge is 0.206 e. The number of aliphatic hydroxyl groups excluding tert-OH is 1. The normalized spacial score (nSPS) is 12.3. The van der Waals surface area contributed by atoms with E-state index >= 15 is 0 Å². The Balaban J connectivity index is 1.85. The SMILES string of the molecule is CCCNc1nnc(SCC(O)c2ccc(Cl)cc2)s1. The van der Waals surface area contributed by atoms with Gasteiger partial charge in [0.2, 0.25) is 5.13 Å².